The molecule has 1 aliphatic heterocycles. The van der Waals surface area contributed by atoms with Crippen LogP contribution in [-0.4, -0.2) is 57.9 Å². The number of hydrogen-bond acceptors (Lipinski definition) is 5. The maximum atomic E-state index is 12.9. The van der Waals surface area contributed by atoms with Gasteiger partial charge in [0.1, 0.15) is 0 Å². The van der Waals surface area contributed by atoms with Gasteiger partial charge in [-0.15, -0.1) is 0 Å². The number of ether oxygens (including phenoxy) is 3. The molecular weight excluding hydrogens is 416 g/mol. The van der Waals surface area contributed by atoms with Crippen molar-refractivity contribution in [2.24, 2.45) is 0 Å². The van der Waals surface area contributed by atoms with E-state index in [1.807, 2.05) is 60.7 Å². The molecule has 1 saturated heterocycles. The lowest BCUT2D eigenvalue weighted by atomic mass is 10.0. The zero-order valence-corrected chi connectivity index (χ0v) is 19.1. The summed E-state index contributed by atoms with van der Waals surface area (Å²) in [5, 5.41) is 3.13. The first-order valence-electron chi connectivity index (χ1n) is 11.2. The highest BCUT2D eigenvalue weighted by atomic mass is 16.5. The predicted molar refractivity (Wildman–Crippen MR) is 129 cm³/mol. The van der Waals surface area contributed by atoms with Crippen LogP contribution in [0.4, 0.5) is 0 Å². The predicted octanol–water partition coefficient (Wildman–Crippen LogP) is 4.17. The first kappa shape index (κ1) is 22.8. The topological polar surface area (TPSA) is 60.0 Å². The van der Waals surface area contributed by atoms with Crippen LogP contribution in [0.2, 0.25) is 0 Å². The van der Waals surface area contributed by atoms with Gasteiger partial charge in [-0.3, -0.25) is 9.69 Å². The Balaban J connectivity index is 1.49. The Labute approximate surface area is 195 Å². The minimum Gasteiger partial charge on any atom is -0.493 e. The minimum atomic E-state index is -0.0895. The Hall–Kier alpha value is -3.35. The highest BCUT2D eigenvalue weighted by Crippen LogP contribution is 2.32. The smallest absolute Gasteiger partial charge is 0.251 e. The number of carbonyl (C=O) groups is 1. The summed E-state index contributed by atoms with van der Waals surface area (Å²) in [6.07, 6.45) is 0. The molecule has 0 spiro atoms. The van der Waals surface area contributed by atoms with Crippen molar-refractivity contribution in [1.29, 1.82) is 0 Å². The third-order valence-corrected chi connectivity index (χ3v) is 5.99. The Morgan fingerprint density at radius 2 is 1.58 bits per heavy atom. The van der Waals surface area contributed by atoms with Gasteiger partial charge in [-0.1, -0.05) is 48.5 Å². The van der Waals surface area contributed by atoms with Gasteiger partial charge in [0.2, 0.25) is 0 Å². The maximum Gasteiger partial charge on any atom is 0.251 e. The normalized spacial score (nSPS) is 15.0. The number of morpholine rings is 1. The van der Waals surface area contributed by atoms with Crippen LogP contribution in [0.1, 0.15) is 22.0 Å². The van der Waals surface area contributed by atoms with Crippen molar-refractivity contribution in [3.63, 3.8) is 0 Å². The molecule has 3 aromatic carbocycles. The third-order valence-electron chi connectivity index (χ3n) is 5.99. The van der Waals surface area contributed by atoms with Crippen LogP contribution in [-0.2, 0) is 4.74 Å². The number of amides is 1. The average Bonchev–Trinajstić information content (AvgIpc) is 2.89. The van der Waals surface area contributed by atoms with Gasteiger partial charge in [-0.05, 0) is 41.0 Å². The van der Waals surface area contributed by atoms with Crippen LogP contribution in [0, 0.1) is 0 Å². The molecule has 1 fully saturated rings. The molecule has 0 aromatic heterocycles. The monoisotopic (exact) mass is 446 g/mol. The van der Waals surface area contributed by atoms with E-state index in [2.05, 4.69) is 22.3 Å². The molecular formula is C27H30N2O4. The third kappa shape index (κ3) is 5.53. The van der Waals surface area contributed by atoms with E-state index in [1.54, 1.807) is 14.2 Å². The molecule has 0 bridgehead atoms. The van der Waals surface area contributed by atoms with Crippen molar-refractivity contribution in [3.05, 3.63) is 83.9 Å². The molecule has 1 N–H and O–H groups in total. The highest BCUT2D eigenvalue weighted by Gasteiger charge is 2.24. The van der Waals surface area contributed by atoms with Gasteiger partial charge in [0.15, 0.2) is 11.5 Å². The Morgan fingerprint density at radius 3 is 2.24 bits per heavy atom. The van der Waals surface area contributed by atoms with Crippen molar-refractivity contribution in [2.75, 3.05) is 47.1 Å². The van der Waals surface area contributed by atoms with Crippen LogP contribution in [0.15, 0.2) is 72.8 Å². The molecule has 6 nitrogen and oxygen atoms in total. The first-order valence-corrected chi connectivity index (χ1v) is 11.2. The van der Waals surface area contributed by atoms with Gasteiger partial charge in [0, 0.05) is 25.2 Å². The van der Waals surface area contributed by atoms with Gasteiger partial charge in [0.05, 0.1) is 33.5 Å². The van der Waals surface area contributed by atoms with E-state index in [-0.39, 0.29) is 11.9 Å². The molecule has 1 amide bonds. The molecule has 33 heavy (non-hydrogen) atoms. The molecule has 1 aliphatic rings. The number of nitrogens with one attached hydrogen (secondary N) is 1. The van der Waals surface area contributed by atoms with E-state index in [9.17, 15) is 4.79 Å². The van der Waals surface area contributed by atoms with Crippen molar-refractivity contribution in [1.82, 2.24) is 10.2 Å². The summed E-state index contributed by atoms with van der Waals surface area (Å²) in [6, 6.07) is 23.8. The number of nitrogens with zero attached hydrogens (tertiary/aromatic N) is 1. The van der Waals surface area contributed by atoms with Crippen LogP contribution < -0.4 is 14.8 Å². The van der Waals surface area contributed by atoms with E-state index >= 15 is 0 Å². The van der Waals surface area contributed by atoms with Gasteiger partial charge in [-0.2, -0.15) is 0 Å². The molecule has 172 valence electrons. The second-order valence-corrected chi connectivity index (χ2v) is 7.93. The molecule has 0 radical (unpaired) electrons. The van der Waals surface area contributed by atoms with E-state index < -0.39 is 0 Å². The molecule has 0 saturated carbocycles. The summed E-state index contributed by atoms with van der Waals surface area (Å²) in [5.74, 6) is 1.27. The Morgan fingerprint density at radius 1 is 0.909 bits per heavy atom. The molecule has 0 aliphatic carbocycles. The summed E-state index contributed by atoms with van der Waals surface area (Å²) in [5.41, 5.74) is 3.92. The number of rotatable bonds is 8. The number of methoxy groups -OCH3 is 2. The molecule has 6 heteroatoms. The maximum absolute atomic E-state index is 12.9. The van der Waals surface area contributed by atoms with E-state index in [0.717, 1.165) is 29.8 Å². The van der Waals surface area contributed by atoms with E-state index in [4.69, 9.17) is 14.2 Å². The standard InChI is InChI=1S/C27H30N2O4/c1-31-25-13-12-23(18-26(25)32-2)24(29-14-16-33-17-15-29)19-28-27(30)22-10-8-21(9-11-22)20-6-4-3-5-7-20/h3-13,18,24H,14-17,19H2,1-2H3,(H,28,30). The zero-order chi connectivity index (χ0) is 23.0. The quantitative estimate of drug-likeness (QED) is 0.563. The van der Waals surface area contributed by atoms with E-state index in [1.165, 1.54) is 0 Å². The van der Waals surface area contributed by atoms with Gasteiger partial charge in [0.25, 0.3) is 5.91 Å². The molecule has 1 atom stereocenters. The lowest BCUT2D eigenvalue weighted by Crippen LogP contribution is -2.43. The Bertz CT molecular complexity index is 1050. The number of hydrogen-bond donors (Lipinski definition) is 1. The number of carbonyl (C=O) groups excluding carboxylic acids is 1. The summed E-state index contributed by atoms with van der Waals surface area (Å²) in [6.45, 7) is 3.45. The van der Waals surface area contributed by atoms with Crippen LogP contribution in [0.25, 0.3) is 11.1 Å². The van der Waals surface area contributed by atoms with Gasteiger partial charge >= 0.3 is 0 Å². The summed E-state index contributed by atoms with van der Waals surface area (Å²) >= 11 is 0. The van der Waals surface area contributed by atoms with E-state index in [0.29, 0.717) is 36.8 Å². The summed E-state index contributed by atoms with van der Waals surface area (Å²) in [4.78, 5) is 15.3. The van der Waals surface area contributed by atoms with Crippen LogP contribution in [0.5, 0.6) is 11.5 Å². The second-order valence-electron chi connectivity index (χ2n) is 7.93. The van der Waals surface area contributed by atoms with Gasteiger partial charge < -0.3 is 19.5 Å². The minimum absolute atomic E-state index is 0.00116. The molecule has 1 unspecified atom stereocenters. The van der Waals surface area contributed by atoms with Crippen LogP contribution in [0.3, 0.4) is 0 Å². The lowest BCUT2D eigenvalue weighted by molar-refractivity contribution is 0.0162. The fraction of sp³-hybridized carbons (Fsp3) is 0.296. The summed E-state index contributed by atoms with van der Waals surface area (Å²) < 4.78 is 16.4. The first-order chi connectivity index (χ1) is 16.2. The fourth-order valence-electron chi connectivity index (χ4n) is 4.14. The SMILES string of the molecule is COc1ccc(C(CNC(=O)c2ccc(-c3ccccc3)cc2)N2CCOCC2)cc1OC. The second kappa shape index (κ2) is 11.0. The zero-order valence-electron chi connectivity index (χ0n) is 19.1. The average molecular weight is 447 g/mol. The molecule has 1 heterocycles. The number of benzene rings is 3. The fourth-order valence-corrected chi connectivity index (χ4v) is 4.14. The Kier molecular flexibility index (Phi) is 7.60. The molecule has 3 aromatic rings. The van der Waals surface area contributed by atoms with Crippen molar-refractivity contribution >= 4 is 5.91 Å². The van der Waals surface area contributed by atoms with Crippen molar-refractivity contribution < 1.29 is 19.0 Å². The highest BCUT2D eigenvalue weighted by molar-refractivity contribution is 5.94. The van der Waals surface area contributed by atoms with Crippen molar-refractivity contribution in [3.8, 4) is 22.6 Å². The summed E-state index contributed by atoms with van der Waals surface area (Å²) in [7, 11) is 3.26. The van der Waals surface area contributed by atoms with Crippen LogP contribution >= 0.6 is 0 Å². The molecule has 4 rings (SSSR count). The van der Waals surface area contributed by atoms with Crippen molar-refractivity contribution in [2.45, 2.75) is 6.04 Å². The largest absolute Gasteiger partial charge is 0.493 e. The lowest BCUT2D eigenvalue weighted by Gasteiger charge is -2.35. The van der Waals surface area contributed by atoms with Gasteiger partial charge in [-0.25, -0.2) is 0 Å².